The predicted molar refractivity (Wildman–Crippen MR) is 134 cm³/mol. The van der Waals surface area contributed by atoms with Crippen molar-refractivity contribution in [1.29, 1.82) is 0 Å². The van der Waals surface area contributed by atoms with E-state index in [1.165, 1.54) is 16.9 Å². The van der Waals surface area contributed by atoms with Crippen molar-refractivity contribution >= 4 is 22.5 Å². The molecule has 182 valence electrons. The molecule has 2 heterocycles. The first-order valence-corrected chi connectivity index (χ1v) is 11.6. The highest BCUT2D eigenvalue weighted by Gasteiger charge is 2.25. The van der Waals surface area contributed by atoms with Crippen molar-refractivity contribution in [3.05, 3.63) is 77.3 Å². The Morgan fingerprint density at radius 2 is 1.94 bits per heavy atom. The van der Waals surface area contributed by atoms with E-state index < -0.39 is 11.6 Å². The molecule has 4 aromatic rings. The van der Waals surface area contributed by atoms with Gasteiger partial charge < -0.3 is 15.2 Å². The summed E-state index contributed by atoms with van der Waals surface area (Å²) in [6, 6.07) is 15.8. The maximum absolute atomic E-state index is 13.1. The summed E-state index contributed by atoms with van der Waals surface area (Å²) < 4.78 is 8.81. The molecule has 0 fully saturated rings. The standard InChI is InChI=1S/C26H29N5O4/c1-18(2)15-22(26(34)28-24-11-13-30(29-24)12-6-14-32)31-25(33)16-20(17-27-31)35-23-10-5-8-19-7-3-4-9-21(19)23/h3-5,7-11,13,16-18,22,32H,6,12,14-15H2,1-2H3,(H,28,29,34)/t22-/m1/s1. The second-order valence-corrected chi connectivity index (χ2v) is 8.73. The molecule has 1 amide bonds. The predicted octanol–water partition coefficient (Wildman–Crippen LogP) is 3.99. The lowest BCUT2D eigenvalue weighted by Gasteiger charge is -2.19. The van der Waals surface area contributed by atoms with Crippen LogP contribution in [0, 0.1) is 5.92 Å². The molecule has 0 aliphatic carbocycles. The first-order chi connectivity index (χ1) is 16.9. The lowest BCUT2D eigenvalue weighted by atomic mass is 10.0. The van der Waals surface area contributed by atoms with E-state index in [2.05, 4.69) is 15.5 Å². The van der Waals surface area contributed by atoms with Gasteiger partial charge >= 0.3 is 0 Å². The quantitative estimate of drug-likeness (QED) is 0.359. The second kappa shape index (κ2) is 11.0. The van der Waals surface area contributed by atoms with Crippen molar-refractivity contribution in [2.24, 2.45) is 5.92 Å². The van der Waals surface area contributed by atoms with Gasteiger partial charge in [0.05, 0.1) is 6.20 Å². The number of nitrogens with zero attached hydrogens (tertiary/aromatic N) is 4. The van der Waals surface area contributed by atoms with E-state index in [1.807, 2.05) is 56.3 Å². The van der Waals surface area contributed by atoms with E-state index in [0.717, 1.165) is 10.8 Å². The van der Waals surface area contributed by atoms with E-state index in [-0.39, 0.29) is 18.4 Å². The number of amides is 1. The van der Waals surface area contributed by atoms with Gasteiger partial charge in [-0.2, -0.15) is 10.2 Å². The minimum absolute atomic E-state index is 0.0623. The van der Waals surface area contributed by atoms with Gasteiger partial charge in [-0.1, -0.05) is 50.2 Å². The minimum Gasteiger partial charge on any atom is -0.455 e. The van der Waals surface area contributed by atoms with Crippen LogP contribution < -0.4 is 15.6 Å². The monoisotopic (exact) mass is 475 g/mol. The van der Waals surface area contributed by atoms with Crippen molar-refractivity contribution in [2.45, 2.75) is 39.3 Å². The van der Waals surface area contributed by atoms with E-state index in [0.29, 0.717) is 36.7 Å². The fraction of sp³-hybridized carbons (Fsp3) is 0.308. The molecule has 0 radical (unpaired) electrons. The van der Waals surface area contributed by atoms with Gasteiger partial charge in [-0.15, -0.1) is 0 Å². The number of fused-ring (bicyclic) bond motifs is 1. The number of carbonyl (C=O) groups excluding carboxylic acids is 1. The molecule has 9 heteroatoms. The van der Waals surface area contributed by atoms with Crippen molar-refractivity contribution in [3.63, 3.8) is 0 Å². The number of aromatic nitrogens is 4. The number of rotatable bonds is 10. The van der Waals surface area contributed by atoms with Gasteiger partial charge in [0.2, 0.25) is 0 Å². The molecular formula is C26H29N5O4. The topological polar surface area (TPSA) is 111 Å². The van der Waals surface area contributed by atoms with Gasteiger partial charge in [-0.25, -0.2) is 4.68 Å². The van der Waals surface area contributed by atoms with Crippen molar-refractivity contribution in [3.8, 4) is 11.5 Å². The zero-order valence-electron chi connectivity index (χ0n) is 19.8. The Labute approximate surface area is 203 Å². The summed E-state index contributed by atoms with van der Waals surface area (Å²) in [4.78, 5) is 26.1. The Kier molecular flexibility index (Phi) is 7.57. The molecule has 2 aromatic carbocycles. The summed E-state index contributed by atoms with van der Waals surface area (Å²) in [5, 5.41) is 22.3. The maximum atomic E-state index is 13.1. The highest BCUT2D eigenvalue weighted by atomic mass is 16.5. The van der Waals surface area contributed by atoms with E-state index in [9.17, 15) is 9.59 Å². The van der Waals surface area contributed by atoms with Gasteiger partial charge in [0.25, 0.3) is 11.5 Å². The fourth-order valence-corrected chi connectivity index (χ4v) is 3.86. The first-order valence-electron chi connectivity index (χ1n) is 11.6. The fourth-order valence-electron chi connectivity index (χ4n) is 3.86. The lowest BCUT2D eigenvalue weighted by molar-refractivity contribution is -0.120. The Bertz CT molecular complexity index is 1360. The molecule has 35 heavy (non-hydrogen) atoms. The number of nitrogens with one attached hydrogen (secondary N) is 1. The van der Waals surface area contributed by atoms with Gasteiger partial charge in [0.1, 0.15) is 11.8 Å². The largest absolute Gasteiger partial charge is 0.455 e. The van der Waals surface area contributed by atoms with E-state index in [4.69, 9.17) is 9.84 Å². The molecule has 0 aliphatic heterocycles. The van der Waals surface area contributed by atoms with Crippen LogP contribution in [0.3, 0.4) is 0 Å². The van der Waals surface area contributed by atoms with E-state index in [1.54, 1.807) is 16.9 Å². The van der Waals surface area contributed by atoms with Crippen molar-refractivity contribution < 1.29 is 14.6 Å². The summed E-state index contributed by atoms with van der Waals surface area (Å²) >= 11 is 0. The lowest BCUT2D eigenvalue weighted by Crippen LogP contribution is -2.35. The van der Waals surface area contributed by atoms with Gasteiger partial charge in [-0.3, -0.25) is 14.3 Å². The van der Waals surface area contributed by atoms with Crippen molar-refractivity contribution in [1.82, 2.24) is 19.6 Å². The van der Waals surface area contributed by atoms with Crippen LogP contribution in [-0.2, 0) is 11.3 Å². The van der Waals surface area contributed by atoms with Gasteiger partial charge in [-0.05, 0) is 30.2 Å². The Morgan fingerprint density at radius 3 is 2.71 bits per heavy atom. The summed E-state index contributed by atoms with van der Waals surface area (Å²) in [5.74, 6) is 1.08. The number of aryl methyl sites for hydroxylation is 1. The van der Waals surface area contributed by atoms with Crippen LogP contribution in [0.1, 0.15) is 32.7 Å². The second-order valence-electron chi connectivity index (χ2n) is 8.73. The maximum Gasteiger partial charge on any atom is 0.271 e. The van der Waals surface area contributed by atoms with Crippen LogP contribution in [0.5, 0.6) is 11.5 Å². The molecule has 0 saturated heterocycles. The zero-order chi connectivity index (χ0) is 24.8. The molecule has 0 aliphatic rings. The Balaban J connectivity index is 1.55. The molecule has 2 aromatic heterocycles. The molecule has 0 bridgehead atoms. The average Bonchev–Trinajstić information content (AvgIpc) is 3.29. The van der Waals surface area contributed by atoms with Crippen LogP contribution >= 0.6 is 0 Å². The van der Waals surface area contributed by atoms with Crippen LogP contribution in [0.2, 0.25) is 0 Å². The van der Waals surface area contributed by atoms with Crippen molar-refractivity contribution in [2.75, 3.05) is 11.9 Å². The van der Waals surface area contributed by atoms with Gasteiger partial charge in [0, 0.05) is 36.9 Å². The molecule has 4 rings (SSSR count). The SMILES string of the molecule is CC(C)C[C@H](C(=O)Nc1ccn(CCCO)n1)n1ncc(Oc2cccc3ccccc23)cc1=O. The third-order valence-electron chi connectivity index (χ3n) is 5.51. The summed E-state index contributed by atoms with van der Waals surface area (Å²) in [7, 11) is 0. The molecule has 9 nitrogen and oxygen atoms in total. The molecular weight excluding hydrogens is 446 g/mol. The van der Waals surface area contributed by atoms with Crippen LogP contribution in [-0.4, -0.2) is 37.2 Å². The highest BCUT2D eigenvalue weighted by molar-refractivity contribution is 5.92. The number of anilines is 1. The summed E-state index contributed by atoms with van der Waals surface area (Å²) in [6.45, 7) is 4.56. The number of benzene rings is 2. The van der Waals surface area contributed by atoms with Crippen LogP contribution in [0.15, 0.2) is 71.8 Å². The number of aliphatic hydroxyl groups excluding tert-OH is 1. The highest BCUT2D eigenvalue weighted by Crippen LogP contribution is 2.29. The number of carbonyl (C=O) groups is 1. The molecule has 1 atom stereocenters. The van der Waals surface area contributed by atoms with E-state index >= 15 is 0 Å². The third kappa shape index (κ3) is 5.93. The first kappa shape index (κ1) is 24.2. The zero-order valence-corrected chi connectivity index (χ0v) is 19.8. The Morgan fingerprint density at radius 1 is 1.14 bits per heavy atom. The number of hydrogen-bond donors (Lipinski definition) is 2. The summed E-state index contributed by atoms with van der Waals surface area (Å²) in [6.07, 6.45) is 4.17. The average molecular weight is 476 g/mol. The normalized spacial score (nSPS) is 12.1. The summed E-state index contributed by atoms with van der Waals surface area (Å²) in [5.41, 5.74) is -0.433. The number of ether oxygens (including phenoxy) is 1. The smallest absolute Gasteiger partial charge is 0.271 e. The molecule has 0 saturated carbocycles. The van der Waals surface area contributed by atoms with Crippen LogP contribution in [0.25, 0.3) is 10.8 Å². The third-order valence-corrected chi connectivity index (χ3v) is 5.51. The number of hydrogen-bond acceptors (Lipinski definition) is 6. The Hall–Kier alpha value is -3.98. The van der Waals surface area contributed by atoms with Gasteiger partial charge in [0.15, 0.2) is 11.6 Å². The minimum atomic E-state index is -0.809. The molecule has 0 unspecified atom stereocenters. The molecule has 2 N–H and O–H groups in total. The van der Waals surface area contributed by atoms with Crippen LogP contribution in [0.4, 0.5) is 5.82 Å². The number of aliphatic hydroxyl groups is 1. The molecule has 0 spiro atoms.